The average molecular weight is 515 g/mol. The zero-order valence-electron chi connectivity index (χ0n) is 21.0. The molecule has 2 aromatic heterocycles. The Morgan fingerprint density at radius 1 is 0.436 bits per heavy atom. The number of benzene rings is 6. The SMILES string of the molecule is c1ccc(-c2nc(-c3cccc(-c4ccc5sc6ccc7ccccc7c6c5c4)c3)nc3ccccc23)cc1. The number of para-hydroxylation sites is 1. The second kappa shape index (κ2) is 8.87. The van der Waals surface area contributed by atoms with Crippen LogP contribution in [0.1, 0.15) is 0 Å². The highest BCUT2D eigenvalue weighted by Gasteiger charge is 2.13. The molecule has 0 radical (unpaired) electrons. The van der Waals surface area contributed by atoms with Crippen molar-refractivity contribution in [1.29, 1.82) is 0 Å². The fraction of sp³-hybridized carbons (Fsp3) is 0. The van der Waals surface area contributed by atoms with Crippen molar-refractivity contribution < 1.29 is 0 Å². The van der Waals surface area contributed by atoms with Crippen molar-refractivity contribution in [3.63, 3.8) is 0 Å². The fourth-order valence-electron chi connectivity index (χ4n) is 5.59. The molecule has 0 spiro atoms. The van der Waals surface area contributed by atoms with Crippen LogP contribution in [0.5, 0.6) is 0 Å². The molecule has 182 valence electrons. The van der Waals surface area contributed by atoms with Gasteiger partial charge in [0.05, 0.1) is 11.2 Å². The van der Waals surface area contributed by atoms with Gasteiger partial charge in [-0.2, -0.15) is 0 Å². The van der Waals surface area contributed by atoms with Gasteiger partial charge < -0.3 is 0 Å². The molecule has 0 aliphatic rings. The van der Waals surface area contributed by atoms with Crippen LogP contribution in [0.2, 0.25) is 0 Å². The van der Waals surface area contributed by atoms with Crippen LogP contribution in [0.15, 0.2) is 133 Å². The summed E-state index contributed by atoms with van der Waals surface area (Å²) in [7, 11) is 0. The molecule has 8 rings (SSSR count). The van der Waals surface area contributed by atoms with Crippen LogP contribution in [-0.2, 0) is 0 Å². The first kappa shape index (κ1) is 22.2. The first-order chi connectivity index (χ1) is 19.3. The van der Waals surface area contributed by atoms with E-state index in [0.717, 1.165) is 39.1 Å². The molecule has 0 saturated carbocycles. The van der Waals surface area contributed by atoms with Gasteiger partial charge in [0, 0.05) is 36.7 Å². The molecule has 0 amide bonds. The van der Waals surface area contributed by atoms with Crippen LogP contribution in [0.4, 0.5) is 0 Å². The van der Waals surface area contributed by atoms with Gasteiger partial charge in [-0.05, 0) is 52.2 Å². The maximum atomic E-state index is 5.08. The molecule has 2 nitrogen and oxygen atoms in total. The number of thiophene rings is 1. The van der Waals surface area contributed by atoms with Gasteiger partial charge >= 0.3 is 0 Å². The first-order valence-corrected chi connectivity index (χ1v) is 13.9. The van der Waals surface area contributed by atoms with Crippen molar-refractivity contribution in [3.8, 4) is 33.8 Å². The summed E-state index contributed by atoms with van der Waals surface area (Å²) in [6.45, 7) is 0. The molecular weight excluding hydrogens is 492 g/mol. The molecule has 0 N–H and O–H groups in total. The Balaban J connectivity index is 1.30. The summed E-state index contributed by atoms with van der Waals surface area (Å²) in [6, 6.07) is 47.2. The maximum Gasteiger partial charge on any atom is 0.160 e. The number of rotatable bonds is 3. The minimum Gasteiger partial charge on any atom is -0.228 e. The fourth-order valence-corrected chi connectivity index (χ4v) is 6.69. The highest BCUT2D eigenvalue weighted by molar-refractivity contribution is 7.26. The number of aromatic nitrogens is 2. The van der Waals surface area contributed by atoms with Crippen molar-refractivity contribution >= 4 is 53.2 Å². The lowest BCUT2D eigenvalue weighted by Gasteiger charge is -2.10. The smallest absolute Gasteiger partial charge is 0.160 e. The van der Waals surface area contributed by atoms with Crippen LogP contribution >= 0.6 is 11.3 Å². The third kappa shape index (κ3) is 3.70. The van der Waals surface area contributed by atoms with E-state index in [-0.39, 0.29) is 0 Å². The third-order valence-corrected chi connectivity index (χ3v) is 8.60. The lowest BCUT2D eigenvalue weighted by Crippen LogP contribution is -1.95. The Bertz CT molecular complexity index is 2180. The molecule has 3 heteroatoms. The zero-order chi connectivity index (χ0) is 25.8. The van der Waals surface area contributed by atoms with E-state index >= 15 is 0 Å². The summed E-state index contributed by atoms with van der Waals surface area (Å²) in [4.78, 5) is 10.1. The Morgan fingerprint density at radius 2 is 1.15 bits per heavy atom. The predicted octanol–water partition coefficient (Wildman–Crippen LogP) is 10.2. The average Bonchev–Trinajstić information content (AvgIpc) is 3.39. The Kier molecular flexibility index (Phi) is 5.04. The Labute approximate surface area is 229 Å². The first-order valence-electron chi connectivity index (χ1n) is 13.1. The maximum absolute atomic E-state index is 5.08. The molecule has 0 bridgehead atoms. The summed E-state index contributed by atoms with van der Waals surface area (Å²) in [5.41, 5.74) is 6.36. The molecule has 0 fully saturated rings. The molecule has 2 heterocycles. The van der Waals surface area contributed by atoms with E-state index in [0.29, 0.717) is 0 Å². The van der Waals surface area contributed by atoms with Gasteiger partial charge in [0.1, 0.15) is 0 Å². The van der Waals surface area contributed by atoms with Crippen LogP contribution in [0.3, 0.4) is 0 Å². The van der Waals surface area contributed by atoms with Crippen molar-refractivity contribution in [1.82, 2.24) is 9.97 Å². The van der Waals surface area contributed by atoms with Crippen LogP contribution in [0, 0.1) is 0 Å². The van der Waals surface area contributed by atoms with Crippen molar-refractivity contribution in [2.24, 2.45) is 0 Å². The monoisotopic (exact) mass is 514 g/mol. The molecule has 0 unspecified atom stereocenters. The Hall–Kier alpha value is -4.86. The van der Waals surface area contributed by atoms with E-state index in [1.807, 2.05) is 29.5 Å². The molecule has 0 aliphatic carbocycles. The lowest BCUT2D eigenvalue weighted by atomic mass is 9.98. The molecular formula is C36H22N2S. The minimum atomic E-state index is 0.738. The third-order valence-electron chi connectivity index (χ3n) is 7.46. The summed E-state index contributed by atoms with van der Waals surface area (Å²) >= 11 is 1.86. The van der Waals surface area contributed by atoms with E-state index < -0.39 is 0 Å². The highest BCUT2D eigenvalue weighted by Crippen LogP contribution is 2.40. The van der Waals surface area contributed by atoms with Crippen LogP contribution < -0.4 is 0 Å². The molecule has 0 atom stereocenters. The number of hydrogen-bond donors (Lipinski definition) is 0. The summed E-state index contributed by atoms with van der Waals surface area (Å²) in [6.07, 6.45) is 0. The quantitative estimate of drug-likeness (QED) is 0.234. The normalized spacial score (nSPS) is 11.6. The standard InChI is InChI=1S/C36H22N2S/c1-2-10-24(11-3-1)35-29-15-6-7-16-31(29)37-36(38-35)27-13-8-12-25(21-27)26-18-19-32-30(22-26)34-28-14-5-4-9-23(28)17-20-33(34)39-32/h1-22H. The van der Waals surface area contributed by atoms with E-state index in [2.05, 4.69) is 115 Å². The van der Waals surface area contributed by atoms with E-state index in [1.165, 1.54) is 36.5 Å². The van der Waals surface area contributed by atoms with Gasteiger partial charge in [-0.3, -0.25) is 0 Å². The van der Waals surface area contributed by atoms with Gasteiger partial charge in [-0.1, -0.05) is 103 Å². The summed E-state index contributed by atoms with van der Waals surface area (Å²) < 4.78 is 2.64. The van der Waals surface area contributed by atoms with Crippen LogP contribution in [-0.4, -0.2) is 9.97 Å². The van der Waals surface area contributed by atoms with Gasteiger partial charge in [-0.15, -0.1) is 11.3 Å². The predicted molar refractivity (Wildman–Crippen MR) is 166 cm³/mol. The van der Waals surface area contributed by atoms with E-state index in [4.69, 9.17) is 9.97 Å². The highest BCUT2D eigenvalue weighted by atomic mass is 32.1. The molecule has 8 aromatic rings. The summed E-state index contributed by atoms with van der Waals surface area (Å²) in [5, 5.41) is 6.30. The van der Waals surface area contributed by atoms with Gasteiger partial charge in [0.2, 0.25) is 0 Å². The van der Waals surface area contributed by atoms with Crippen molar-refractivity contribution in [3.05, 3.63) is 133 Å². The Morgan fingerprint density at radius 3 is 2.08 bits per heavy atom. The number of fused-ring (bicyclic) bond motifs is 6. The van der Waals surface area contributed by atoms with Crippen molar-refractivity contribution in [2.75, 3.05) is 0 Å². The zero-order valence-corrected chi connectivity index (χ0v) is 21.8. The minimum absolute atomic E-state index is 0.738. The molecule has 0 aliphatic heterocycles. The second-order valence-corrected chi connectivity index (χ2v) is 10.9. The largest absolute Gasteiger partial charge is 0.228 e. The van der Waals surface area contributed by atoms with Crippen LogP contribution in [0.25, 0.3) is 75.6 Å². The summed E-state index contributed by atoms with van der Waals surface area (Å²) in [5.74, 6) is 0.738. The van der Waals surface area contributed by atoms with Gasteiger partial charge in [0.25, 0.3) is 0 Å². The number of hydrogen-bond acceptors (Lipinski definition) is 3. The molecule has 39 heavy (non-hydrogen) atoms. The second-order valence-electron chi connectivity index (χ2n) is 9.83. The lowest BCUT2D eigenvalue weighted by molar-refractivity contribution is 1.23. The molecule has 6 aromatic carbocycles. The van der Waals surface area contributed by atoms with Crippen molar-refractivity contribution in [2.45, 2.75) is 0 Å². The van der Waals surface area contributed by atoms with Gasteiger partial charge in [0.15, 0.2) is 5.82 Å². The topological polar surface area (TPSA) is 25.8 Å². The molecule has 0 saturated heterocycles. The van der Waals surface area contributed by atoms with E-state index in [1.54, 1.807) is 0 Å². The van der Waals surface area contributed by atoms with Gasteiger partial charge in [-0.25, -0.2) is 9.97 Å². The van der Waals surface area contributed by atoms with E-state index in [9.17, 15) is 0 Å². The number of nitrogens with zero attached hydrogens (tertiary/aromatic N) is 2.